The van der Waals surface area contributed by atoms with Gasteiger partial charge in [0.05, 0.1) is 0 Å². The molecule has 1 aliphatic carbocycles. The molecule has 1 N–H and O–H groups in total. The molecule has 0 radical (unpaired) electrons. The minimum absolute atomic E-state index is 0.348. The highest BCUT2D eigenvalue weighted by Crippen LogP contribution is 2.45. The SMILES string of the molecule is CC(C)CCCC1CC1CCCCCCC(=O)O. The fraction of sp³-hybridized carbons (Fsp3) is 0.938. The van der Waals surface area contributed by atoms with E-state index in [0.29, 0.717) is 6.42 Å². The molecule has 0 heterocycles. The number of carboxylic acids is 1. The molecule has 106 valence electrons. The van der Waals surface area contributed by atoms with E-state index in [9.17, 15) is 4.79 Å². The van der Waals surface area contributed by atoms with Crippen molar-refractivity contribution in [2.75, 3.05) is 0 Å². The second-order valence-corrected chi connectivity index (χ2v) is 6.43. The van der Waals surface area contributed by atoms with Crippen molar-refractivity contribution in [1.82, 2.24) is 0 Å². The molecular weight excluding hydrogens is 224 g/mol. The Bertz CT molecular complexity index is 235. The van der Waals surface area contributed by atoms with Crippen molar-refractivity contribution in [3.63, 3.8) is 0 Å². The largest absolute Gasteiger partial charge is 0.481 e. The minimum Gasteiger partial charge on any atom is -0.481 e. The molecule has 2 heteroatoms. The summed E-state index contributed by atoms with van der Waals surface area (Å²) in [6.45, 7) is 4.61. The number of carboxylic acid groups (broad SMARTS) is 1. The predicted molar refractivity (Wildman–Crippen MR) is 75.6 cm³/mol. The highest BCUT2D eigenvalue weighted by atomic mass is 16.4. The maximum atomic E-state index is 10.3. The first kappa shape index (κ1) is 15.5. The summed E-state index contributed by atoms with van der Waals surface area (Å²) in [4.78, 5) is 10.3. The van der Waals surface area contributed by atoms with Gasteiger partial charge in [-0.05, 0) is 30.6 Å². The topological polar surface area (TPSA) is 37.3 Å². The lowest BCUT2D eigenvalue weighted by Crippen LogP contribution is -1.93. The van der Waals surface area contributed by atoms with Crippen LogP contribution in [0.4, 0.5) is 0 Å². The zero-order chi connectivity index (χ0) is 13.4. The Morgan fingerprint density at radius 2 is 1.67 bits per heavy atom. The summed E-state index contributed by atoms with van der Waals surface area (Å²) in [5.74, 6) is 2.25. The van der Waals surface area contributed by atoms with E-state index < -0.39 is 5.97 Å². The molecule has 2 nitrogen and oxygen atoms in total. The van der Waals surface area contributed by atoms with Crippen LogP contribution in [0.15, 0.2) is 0 Å². The molecule has 1 saturated carbocycles. The monoisotopic (exact) mass is 254 g/mol. The average molecular weight is 254 g/mol. The van der Waals surface area contributed by atoms with Gasteiger partial charge in [-0.15, -0.1) is 0 Å². The molecule has 0 spiro atoms. The van der Waals surface area contributed by atoms with E-state index in [0.717, 1.165) is 30.6 Å². The van der Waals surface area contributed by atoms with Gasteiger partial charge in [0.2, 0.25) is 0 Å². The number of unbranched alkanes of at least 4 members (excludes halogenated alkanes) is 3. The van der Waals surface area contributed by atoms with Crippen LogP contribution in [0.1, 0.15) is 78.1 Å². The number of hydrogen-bond acceptors (Lipinski definition) is 1. The standard InChI is InChI=1S/C16H30O2/c1-13(2)8-7-10-15-12-14(15)9-5-3-4-6-11-16(17)18/h13-15H,3-12H2,1-2H3,(H,17,18). The fourth-order valence-corrected chi connectivity index (χ4v) is 2.84. The van der Waals surface area contributed by atoms with Gasteiger partial charge in [-0.1, -0.05) is 58.8 Å². The van der Waals surface area contributed by atoms with Crippen LogP contribution in [0.2, 0.25) is 0 Å². The molecule has 0 aromatic heterocycles. The molecule has 1 rings (SSSR count). The maximum Gasteiger partial charge on any atom is 0.303 e. The summed E-state index contributed by atoms with van der Waals surface area (Å²) in [5, 5.41) is 8.52. The third kappa shape index (κ3) is 7.73. The molecule has 1 fully saturated rings. The predicted octanol–water partition coefficient (Wildman–Crippen LogP) is 4.87. The number of aliphatic carboxylic acids is 1. The quantitative estimate of drug-likeness (QED) is 0.534. The van der Waals surface area contributed by atoms with Crippen molar-refractivity contribution < 1.29 is 9.90 Å². The zero-order valence-electron chi connectivity index (χ0n) is 12.2. The van der Waals surface area contributed by atoms with Crippen LogP contribution in [-0.2, 0) is 4.79 Å². The Labute approximate surface area is 112 Å². The summed E-state index contributed by atoms with van der Waals surface area (Å²) in [6.07, 6.45) is 11.9. The maximum absolute atomic E-state index is 10.3. The summed E-state index contributed by atoms with van der Waals surface area (Å²) >= 11 is 0. The normalized spacial score (nSPS) is 22.4. The molecule has 18 heavy (non-hydrogen) atoms. The van der Waals surface area contributed by atoms with E-state index in [2.05, 4.69) is 13.8 Å². The van der Waals surface area contributed by atoms with Gasteiger partial charge in [0.15, 0.2) is 0 Å². The van der Waals surface area contributed by atoms with Crippen LogP contribution in [0.5, 0.6) is 0 Å². The Morgan fingerprint density at radius 3 is 2.28 bits per heavy atom. The van der Waals surface area contributed by atoms with E-state index in [1.165, 1.54) is 44.9 Å². The first-order valence-corrected chi connectivity index (χ1v) is 7.81. The lowest BCUT2D eigenvalue weighted by molar-refractivity contribution is -0.137. The molecule has 0 aromatic rings. The van der Waals surface area contributed by atoms with Gasteiger partial charge in [0.1, 0.15) is 0 Å². The van der Waals surface area contributed by atoms with Gasteiger partial charge in [-0.2, -0.15) is 0 Å². The second-order valence-electron chi connectivity index (χ2n) is 6.43. The molecule has 0 aliphatic heterocycles. The van der Waals surface area contributed by atoms with Crippen LogP contribution in [0, 0.1) is 17.8 Å². The average Bonchev–Trinajstić information content (AvgIpc) is 3.01. The van der Waals surface area contributed by atoms with E-state index in [1.807, 2.05) is 0 Å². The van der Waals surface area contributed by atoms with Crippen LogP contribution in [0.25, 0.3) is 0 Å². The lowest BCUT2D eigenvalue weighted by Gasteiger charge is -2.04. The van der Waals surface area contributed by atoms with E-state index in [-0.39, 0.29) is 0 Å². The highest BCUT2D eigenvalue weighted by molar-refractivity contribution is 5.66. The van der Waals surface area contributed by atoms with Crippen molar-refractivity contribution >= 4 is 5.97 Å². The minimum atomic E-state index is -0.651. The molecule has 2 unspecified atom stereocenters. The third-order valence-corrected chi connectivity index (χ3v) is 4.14. The van der Waals surface area contributed by atoms with Crippen LogP contribution >= 0.6 is 0 Å². The number of carbonyl (C=O) groups is 1. The Hall–Kier alpha value is -0.530. The fourth-order valence-electron chi connectivity index (χ4n) is 2.84. The molecule has 0 aromatic carbocycles. The molecule has 0 saturated heterocycles. The van der Waals surface area contributed by atoms with Crippen LogP contribution in [0.3, 0.4) is 0 Å². The molecule has 0 amide bonds. The first-order chi connectivity index (χ1) is 8.59. The summed E-state index contributed by atoms with van der Waals surface area (Å²) in [6, 6.07) is 0. The molecular formula is C16H30O2. The Kier molecular flexibility index (Phi) is 7.38. The Balaban J connectivity index is 1.83. The van der Waals surface area contributed by atoms with E-state index in [4.69, 9.17) is 5.11 Å². The van der Waals surface area contributed by atoms with Gasteiger partial charge < -0.3 is 5.11 Å². The smallest absolute Gasteiger partial charge is 0.303 e. The second kappa shape index (κ2) is 8.55. The van der Waals surface area contributed by atoms with Crippen LogP contribution in [-0.4, -0.2) is 11.1 Å². The van der Waals surface area contributed by atoms with Gasteiger partial charge in [0, 0.05) is 6.42 Å². The van der Waals surface area contributed by atoms with E-state index in [1.54, 1.807) is 0 Å². The molecule has 2 atom stereocenters. The van der Waals surface area contributed by atoms with Gasteiger partial charge in [-0.3, -0.25) is 4.79 Å². The van der Waals surface area contributed by atoms with Crippen molar-refractivity contribution in [2.24, 2.45) is 17.8 Å². The molecule has 0 bridgehead atoms. The number of hydrogen-bond donors (Lipinski definition) is 1. The van der Waals surface area contributed by atoms with Crippen molar-refractivity contribution in [2.45, 2.75) is 78.1 Å². The van der Waals surface area contributed by atoms with Crippen molar-refractivity contribution in [3.05, 3.63) is 0 Å². The van der Waals surface area contributed by atoms with E-state index >= 15 is 0 Å². The summed E-state index contributed by atoms with van der Waals surface area (Å²) in [7, 11) is 0. The van der Waals surface area contributed by atoms with Crippen LogP contribution < -0.4 is 0 Å². The van der Waals surface area contributed by atoms with Crippen molar-refractivity contribution in [1.29, 1.82) is 0 Å². The van der Waals surface area contributed by atoms with Gasteiger partial charge >= 0.3 is 5.97 Å². The third-order valence-electron chi connectivity index (χ3n) is 4.14. The summed E-state index contributed by atoms with van der Waals surface area (Å²) in [5.41, 5.74) is 0. The van der Waals surface area contributed by atoms with Gasteiger partial charge in [0.25, 0.3) is 0 Å². The number of rotatable bonds is 11. The zero-order valence-corrected chi connectivity index (χ0v) is 12.2. The van der Waals surface area contributed by atoms with Gasteiger partial charge in [-0.25, -0.2) is 0 Å². The highest BCUT2D eigenvalue weighted by Gasteiger charge is 2.35. The lowest BCUT2D eigenvalue weighted by atomic mass is 10.0. The summed E-state index contributed by atoms with van der Waals surface area (Å²) < 4.78 is 0. The Morgan fingerprint density at radius 1 is 1.06 bits per heavy atom. The first-order valence-electron chi connectivity index (χ1n) is 7.81. The molecule has 1 aliphatic rings. The van der Waals surface area contributed by atoms with Crippen molar-refractivity contribution in [3.8, 4) is 0 Å².